The molecule has 1 aliphatic rings. The molecule has 1 amide bonds. The molecule has 0 saturated carbocycles. The fourth-order valence-electron chi connectivity index (χ4n) is 3.01. The van der Waals surface area contributed by atoms with Crippen molar-refractivity contribution >= 4 is 29.1 Å². The number of hydrogen-bond acceptors (Lipinski definition) is 2. The average Bonchev–Trinajstić information content (AvgIpc) is 2.82. The Labute approximate surface area is 136 Å². The van der Waals surface area contributed by atoms with Crippen LogP contribution in [0.2, 0.25) is 10.0 Å². The summed E-state index contributed by atoms with van der Waals surface area (Å²) >= 11 is 12.1. The lowest BCUT2D eigenvalue weighted by Gasteiger charge is -2.25. The smallest absolute Gasteiger partial charge is 0.225 e. The Morgan fingerprint density at radius 2 is 2.19 bits per heavy atom. The monoisotopic (exact) mass is 328 g/mol. The number of carbonyl (C=O) groups excluding carboxylic acids is 1. The summed E-state index contributed by atoms with van der Waals surface area (Å²) in [5, 5.41) is 1.23. The predicted octanol–water partition coefficient (Wildman–Crippen LogP) is 3.37. The maximum atomic E-state index is 12.6. The van der Waals surface area contributed by atoms with Crippen LogP contribution in [-0.4, -0.2) is 29.9 Å². The maximum Gasteiger partial charge on any atom is 0.225 e. The molecule has 1 aromatic rings. The second-order valence-corrected chi connectivity index (χ2v) is 6.86. The van der Waals surface area contributed by atoms with Gasteiger partial charge in [0.1, 0.15) is 0 Å². The van der Waals surface area contributed by atoms with Gasteiger partial charge in [0.05, 0.1) is 0 Å². The van der Waals surface area contributed by atoms with Crippen molar-refractivity contribution in [3.05, 3.63) is 33.8 Å². The van der Waals surface area contributed by atoms with Gasteiger partial charge >= 0.3 is 0 Å². The standard InChI is InChI=1S/C16H22Cl2N2O/c1-10(5-13-3-4-14(17)7-15(13)18)16(21)20-9-12(8-19)6-11(20)2/h3-4,7,10-12H,5-6,8-9,19H2,1-2H3. The summed E-state index contributed by atoms with van der Waals surface area (Å²) in [5.41, 5.74) is 6.69. The van der Waals surface area contributed by atoms with Gasteiger partial charge < -0.3 is 10.6 Å². The molecule has 21 heavy (non-hydrogen) atoms. The molecule has 3 unspecified atom stereocenters. The lowest BCUT2D eigenvalue weighted by Crippen LogP contribution is -2.38. The molecule has 3 nitrogen and oxygen atoms in total. The van der Waals surface area contributed by atoms with E-state index in [-0.39, 0.29) is 17.9 Å². The van der Waals surface area contributed by atoms with Gasteiger partial charge in [-0.25, -0.2) is 0 Å². The van der Waals surface area contributed by atoms with E-state index in [2.05, 4.69) is 6.92 Å². The fourth-order valence-corrected chi connectivity index (χ4v) is 3.49. The van der Waals surface area contributed by atoms with Gasteiger partial charge in [0.2, 0.25) is 5.91 Å². The second-order valence-electron chi connectivity index (χ2n) is 6.02. The highest BCUT2D eigenvalue weighted by Crippen LogP contribution is 2.27. The first-order valence-corrected chi connectivity index (χ1v) is 8.12. The van der Waals surface area contributed by atoms with Gasteiger partial charge in [-0.15, -0.1) is 0 Å². The van der Waals surface area contributed by atoms with Crippen molar-refractivity contribution < 1.29 is 4.79 Å². The number of rotatable bonds is 4. The van der Waals surface area contributed by atoms with Gasteiger partial charge in [0.15, 0.2) is 0 Å². The number of carbonyl (C=O) groups is 1. The van der Waals surface area contributed by atoms with Crippen molar-refractivity contribution in [2.75, 3.05) is 13.1 Å². The minimum absolute atomic E-state index is 0.0948. The van der Waals surface area contributed by atoms with E-state index in [1.54, 1.807) is 6.07 Å². The normalized spacial score (nSPS) is 23.4. The lowest BCUT2D eigenvalue weighted by molar-refractivity contribution is -0.135. The Kier molecular flexibility index (Phi) is 5.53. The van der Waals surface area contributed by atoms with Crippen LogP contribution in [0, 0.1) is 11.8 Å². The molecule has 0 spiro atoms. The summed E-state index contributed by atoms with van der Waals surface area (Å²) < 4.78 is 0. The summed E-state index contributed by atoms with van der Waals surface area (Å²) in [7, 11) is 0. The Morgan fingerprint density at radius 3 is 2.76 bits per heavy atom. The molecule has 1 saturated heterocycles. The van der Waals surface area contributed by atoms with Crippen LogP contribution >= 0.6 is 23.2 Å². The molecule has 0 radical (unpaired) electrons. The zero-order valence-electron chi connectivity index (χ0n) is 12.5. The quantitative estimate of drug-likeness (QED) is 0.921. The highest BCUT2D eigenvalue weighted by Gasteiger charge is 2.33. The van der Waals surface area contributed by atoms with Gasteiger partial charge in [0.25, 0.3) is 0 Å². The molecule has 0 bridgehead atoms. The van der Waals surface area contributed by atoms with Crippen LogP contribution in [0.4, 0.5) is 0 Å². The SMILES string of the molecule is CC(Cc1ccc(Cl)cc1Cl)C(=O)N1CC(CN)CC1C. The highest BCUT2D eigenvalue weighted by atomic mass is 35.5. The summed E-state index contributed by atoms with van der Waals surface area (Å²) in [4.78, 5) is 14.6. The van der Waals surface area contributed by atoms with Gasteiger partial charge in [-0.05, 0) is 49.9 Å². The highest BCUT2D eigenvalue weighted by molar-refractivity contribution is 6.35. The zero-order chi connectivity index (χ0) is 15.6. The molecule has 0 aromatic heterocycles. The van der Waals surface area contributed by atoms with E-state index >= 15 is 0 Å². The van der Waals surface area contributed by atoms with E-state index in [0.717, 1.165) is 18.5 Å². The van der Waals surface area contributed by atoms with Crippen molar-refractivity contribution in [2.24, 2.45) is 17.6 Å². The molecule has 1 heterocycles. The fraction of sp³-hybridized carbons (Fsp3) is 0.562. The molecule has 2 N–H and O–H groups in total. The lowest BCUT2D eigenvalue weighted by atomic mass is 9.99. The number of nitrogens with zero attached hydrogens (tertiary/aromatic N) is 1. The van der Waals surface area contributed by atoms with E-state index < -0.39 is 0 Å². The van der Waals surface area contributed by atoms with Crippen LogP contribution in [0.1, 0.15) is 25.8 Å². The molecule has 1 aromatic carbocycles. The summed E-state index contributed by atoms with van der Waals surface area (Å²) in [6.45, 7) is 5.46. The second kappa shape index (κ2) is 6.99. The Bertz CT molecular complexity index is 521. The van der Waals surface area contributed by atoms with Crippen molar-refractivity contribution in [2.45, 2.75) is 32.7 Å². The van der Waals surface area contributed by atoms with Crippen molar-refractivity contribution in [1.82, 2.24) is 4.90 Å². The Morgan fingerprint density at radius 1 is 1.48 bits per heavy atom. The molecule has 1 aliphatic heterocycles. The first kappa shape index (κ1) is 16.6. The largest absolute Gasteiger partial charge is 0.339 e. The molecular formula is C16H22Cl2N2O. The number of likely N-dealkylation sites (tertiary alicyclic amines) is 1. The predicted molar refractivity (Wildman–Crippen MR) is 87.7 cm³/mol. The van der Waals surface area contributed by atoms with E-state index in [9.17, 15) is 4.79 Å². The van der Waals surface area contributed by atoms with Crippen LogP contribution in [0.5, 0.6) is 0 Å². The molecule has 0 aliphatic carbocycles. The minimum Gasteiger partial charge on any atom is -0.339 e. The Hall–Kier alpha value is -0.770. The number of hydrogen-bond donors (Lipinski definition) is 1. The van der Waals surface area contributed by atoms with Gasteiger partial charge in [-0.1, -0.05) is 36.2 Å². The van der Waals surface area contributed by atoms with Gasteiger partial charge in [-0.3, -0.25) is 4.79 Å². The molecular weight excluding hydrogens is 307 g/mol. The van der Waals surface area contributed by atoms with Crippen molar-refractivity contribution in [3.63, 3.8) is 0 Å². The Balaban J connectivity index is 2.03. The number of nitrogens with two attached hydrogens (primary N) is 1. The van der Waals surface area contributed by atoms with Crippen molar-refractivity contribution in [3.8, 4) is 0 Å². The summed E-state index contributed by atoms with van der Waals surface area (Å²) in [6.07, 6.45) is 1.63. The number of amides is 1. The third kappa shape index (κ3) is 3.91. The third-order valence-corrected chi connectivity index (χ3v) is 4.83. The molecule has 5 heteroatoms. The number of benzene rings is 1. The summed E-state index contributed by atoms with van der Waals surface area (Å²) in [6, 6.07) is 5.70. The van der Waals surface area contributed by atoms with Crippen LogP contribution in [0.25, 0.3) is 0 Å². The maximum absolute atomic E-state index is 12.6. The first-order valence-electron chi connectivity index (χ1n) is 7.36. The van der Waals surface area contributed by atoms with E-state index in [1.165, 1.54) is 0 Å². The summed E-state index contributed by atoms with van der Waals surface area (Å²) in [5.74, 6) is 0.516. The minimum atomic E-state index is -0.0948. The van der Waals surface area contributed by atoms with Gasteiger partial charge in [0, 0.05) is 28.5 Å². The first-order chi connectivity index (χ1) is 9.92. The molecule has 1 fully saturated rings. The van der Waals surface area contributed by atoms with E-state index in [0.29, 0.717) is 28.9 Å². The van der Waals surface area contributed by atoms with Crippen LogP contribution in [-0.2, 0) is 11.2 Å². The average molecular weight is 329 g/mol. The van der Waals surface area contributed by atoms with Crippen LogP contribution < -0.4 is 5.73 Å². The van der Waals surface area contributed by atoms with Crippen LogP contribution in [0.15, 0.2) is 18.2 Å². The van der Waals surface area contributed by atoms with E-state index in [1.807, 2.05) is 24.0 Å². The van der Waals surface area contributed by atoms with Gasteiger partial charge in [-0.2, -0.15) is 0 Å². The third-order valence-electron chi connectivity index (χ3n) is 4.24. The van der Waals surface area contributed by atoms with Crippen molar-refractivity contribution in [1.29, 1.82) is 0 Å². The van der Waals surface area contributed by atoms with Crippen LogP contribution in [0.3, 0.4) is 0 Å². The van der Waals surface area contributed by atoms with E-state index in [4.69, 9.17) is 28.9 Å². The molecule has 2 rings (SSSR count). The topological polar surface area (TPSA) is 46.3 Å². The number of halogens is 2. The molecule has 3 atom stereocenters. The molecule has 116 valence electrons. The zero-order valence-corrected chi connectivity index (χ0v) is 14.0.